The van der Waals surface area contributed by atoms with Crippen LogP contribution in [0.5, 0.6) is 0 Å². The van der Waals surface area contributed by atoms with Crippen LogP contribution in [-0.2, 0) is 13.1 Å². The highest BCUT2D eigenvalue weighted by molar-refractivity contribution is 5.93. The minimum Gasteiger partial charge on any atom is -0.342 e. The maximum Gasteiger partial charge on any atom is 0.272 e. The molecule has 0 bridgehead atoms. The number of nitrogens with zero attached hydrogens (tertiary/aromatic N) is 7. The monoisotopic (exact) mass is 392 g/mol. The quantitative estimate of drug-likeness (QED) is 0.544. The second-order valence-electron chi connectivity index (χ2n) is 6.88. The average molecular weight is 392 g/mol. The second kappa shape index (κ2) is 7.50. The van der Waals surface area contributed by atoms with Gasteiger partial charge in [-0.2, -0.15) is 15.3 Å². The van der Waals surface area contributed by atoms with Crippen LogP contribution in [-0.4, -0.2) is 40.1 Å². The number of hydrogen-bond acceptors (Lipinski definition) is 5. The van der Waals surface area contributed by atoms with Crippen molar-refractivity contribution < 1.29 is 4.79 Å². The lowest BCUT2D eigenvalue weighted by molar-refractivity contribution is 0.0933. The van der Waals surface area contributed by atoms with Crippen LogP contribution >= 0.6 is 0 Å². The lowest BCUT2D eigenvalue weighted by Crippen LogP contribution is -2.27. The van der Waals surface area contributed by atoms with E-state index in [9.17, 15) is 4.79 Å². The van der Waals surface area contributed by atoms with E-state index in [1.54, 1.807) is 16.8 Å². The molecule has 1 N–H and O–H groups in total. The summed E-state index contributed by atoms with van der Waals surface area (Å²) in [6.07, 6.45) is 5.44. The molecular formula is C20H24N8O. The third-order valence-corrected chi connectivity index (χ3v) is 5.05. The molecule has 29 heavy (non-hydrogen) atoms. The van der Waals surface area contributed by atoms with Gasteiger partial charge in [-0.05, 0) is 39.8 Å². The van der Waals surface area contributed by atoms with Crippen LogP contribution in [0, 0.1) is 6.92 Å². The smallest absolute Gasteiger partial charge is 0.272 e. The molecule has 150 valence electrons. The summed E-state index contributed by atoms with van der Waals surface area (Å²) in [7, 11) is 0. The van der Waals surface area contributed by atoms with Crippen molar-refractivity contribution in [3.8, 4) is 11.3 Å². The van der Waals surface area contributed by atoms with Crippen molar-refractivity contribution in [1.82, 2.24) is 39.5 Å². The van der Waals surface area contributed by atoms with Gasteiger partial charge in [-0.15, -0.1) is 0 Å². The van der Waals surface area contributed by atoms with E-state index in [2.05, 4.69) is 25.6 Å². The SMILES string of the molecule is CCn1ccc(C(C)NC(=O)c2cc3nccc(-c4cnn(CC)c4C)n3n2)n1. The van der Waals surface area contributed by atoms with Crippen molar-refractivity contribution in [3.63, 3.8) is 0 Å². The van der Waals surface area contributed by atoms with Gasteiger partial charge in [0, 0.05) is 42.8 Å². The largest absolute Gasteiger partial charge is 0.342 e. The van der Waals surface area contributed by atoms with Gasteiger partial charge in [0.2, 0.25) is 0 Å². The maximum atomic E-state index is 12.8. The molecule has 0 spiro atoms. The Bertz CT molecular complexity index is 1170. The topological polar surface area (TPSA) is 94.9 Å². The van der Waals surface area contributed by atoms with Gasteiger partial charge in [0.25, 0.3) is 5.91 Å². The average Bonchev–Trinajstić information content (AvgIpc) is 3.45. The Hall–Kier alpha value is -3.49. The Kier molecular flexibility index (Phi) is 4.87. The third kappa shape index (κ3) is 3.39. The lowest BCUT2D eigenvalue weighted by atomic mass is 10.2. The molecule has 4 rings (SSSR count). The molecule has 0 aliphatic rings. The molecule has 1 atom stereocenters. The Balaban J connectivity index is 1.63. The molecule has 0 aliphatic carbocycles. The molecule has 4 heterocycles. The van der Waals surface area contributed by atoms with Crippen molar-refractivity contribution in [2.45, 2.75) is 46.8 Å². The molecule has 1 amide bonds. The first-order valence-electron chi connectivity index (χ1n) is 9.73. The molecule has 9 nitrogen and oxygen atoms in total. The van der Waals surface area contributed by atoms with Crippen LogP contribution in [0.2, 0.25) is 0 Å². The normalized spacial score (nSPS) is 12.4. The molecule has 1 unspecified atom stereocenters. The summed E-state index contributed by atoms with van der Waals surface area (Å²) in [6.45, 7) is 9.57. The van der Waals surface area contributed by atoms with Gasteiger partial charge in [0.15, 0.2) is 11.3 Å². The molecule has 0 saturated heterocycles. The number of fused-ring (bicyclic) bond motifs is 1. The van der Waals surface area contributed by atoms with E-state index in [0.717, 1.165) is 35.7 Å². The summed E-state index contributed by atoms with van der Waals surface area (Å²) >= 11 is 0. The second-order valence-corrected chi connectivity index (χ2v) is 6.88. The predicted molar refractivity (Wildman–Crippen MR) is 108 cm³/mol. The van der Waals surface area contributed by atoms with Gasteiger partial charge in [-0.25, -0.2) is 9.50 Å². The Morgan fingerprint density at radius 1 is 1.21 bits per heavy atom. The predicted octanol–water partition coefficient (Wildman–Crippen LogP) is 2.63. The zero-order valence-corrected chi connectivity index (χ0v) is 17.0. The van der Waals surface area contributed by atoms with Crippen LogP contribution < -0.4 is 5.32 Å². The standard InChI is InChI=1S/C20H24N8O/c1-5-26-10-8-16(24-26)13(3)23-20(29)17-11-19-21-9-7-18(28(19)25-17)15-12-22-27(6-2)14(15)4/h7-13H,5-6H2,1-4H3,(H,23,29). The van der Waals surface area contributed by atoms with Gasteiger partial charge >= 0.3 is 0 Å². The van der Waals surface area contributed by atoms with Crippen molar-refractivity contribution in [2.24, 2.45) is 0 Å². The number of amides is 1. The van der Waals surface area contributed by atoms with Crippen molar-refractivity contribution in [3.05, 3.63) is 53.9 Å². The summed E-state index contributed by atoms with van der Waals surface area (Å²) < 4.78 is 5.45. The summed E-state index contributed by atoms with van der Waals surface area (Å²) in [5.74, 6) is -0.263. The van der Waals surface area contributed by atoms with E-state index in [-0.39, 0.29) is 11.9 Å². The zero-order chi connectivity index (χ0) is 20.5. The number of aromatic nitrogens is 7. The van der Waals surface area contributed by atoms with E-state index in [4.69, 9.17) is 0 Å². The molecule has 0 aliphatic heterocycles. The van der Waals surface area contributed by atoms with E-state index >= 15 is 0 Å². The number of hydrogen-bond donors (Lipinski definition) is 1. The molecule has 0 fully saturated rings. The van der Waals surface area contributed by atoms with Gasteiger partial charge in [-0.3, -0.25) is 14.2 Å². The van der Waals surface area contributed by atoms with Crippen LogP contribution in [0.25, 0.3) is 16.9 Å². The molecule has 9 heteroatoms. The Labute approximate surface area is 168 Å². The van der Waals surface area contributed by atoms with Crippen LogP contribution in [0.4, 0.5) is 0 Å². The van der Waals surface area contributed by atoms with Gasteiger partial charge in [-0.1, -0.05) is 0 Å². The van der Waals surface area contributed by atoms with Crippen molar-refractivity contribution in [2.75, 3.05) is 0 Å². The number of rotatable bonds is 6. The molecule has 0 radical (unpaired) electrons. The number of aryl methyl sites for hydroxylation is 2. The highest BCUT2D eigenvalue weighted by atomic mass is 16.2. The fourth-order valence-corrected chi connectivity index (χ4v) is 3.36. The fourth-order valence-electron chi connectivity index (χ4n) is 3.36. The van der Waals surface area contributed by atoms with E-state index < -0.39 is 0 Å². The van der Waals surface area contributed by atoms with E-state index in [1.807, 2.05) is 61.6 Å². The highest BCUT2D eigenvalue weighted by Gasteiger charge is 2.19. The summed E-state index contributed by atoms with van der Waals surface area (Å²) in [6, 6.07) is 5.26. The summed E-state index contributed by atoms with van der Waals surface area (Å²) in [5.41, 5.74) is 4.59. The third-order valence-electron chi connectivity index (χ3n) is 5.05. The molecule has 4 aromatic heterocycles. The lowest BCUT2D eigenvalue weighted by Gasteiger charge is -2.10. The van der Waals surface area contributed by atoms with Crippen LogP contribution in [0.1, 0.15) is 48.7 Å². The van der Waals surface area contributed by atoms with Gasteiger partial charge in [0.1, 0.15) is 0 Å². The summed E-state index contributed by atoms with van der Waals surface area (Å²) in [5, 5.41) is 16.3. The first-order valence-corrected chi connectivity index (χ1v) is 9.73. The summed E-state index contributed by atoms with van der Waals surface area (Å²) in [4.78, 5) is 17.1. The number of carbonyl (C=O) groups is 1. The maximum absolute atomic E-state index is 12.8. The molecule has 0 saturated carbocycles. The number of carbonyl (C=O) groups excluding carboxylic acids is 1. The van der Waals surface area contributed by atoms with Crippen LogP contribution in [0.15, 0.2) is 36.8 Å². The highest BCUT2D eigenvalue weighted by Crippen LogP contribution is 2.23. The minimum atomic E-state index is -0.263. The molecule has 0 aromatic carbocycles. The Morgan fingerprint density at radius 3 is 2.72 bits per heavy atom. The zero-order valence-electron chi connectivity index (χ0n) is 17.0. The van der Waals surface area contributed by atoms with E-state index in [1.165, 1.54) is 0 Å². The fraction of sp³-hybridized carbons (Fsp3) is 0.350. The minimum absolute atomic E-state index is 0.224. The molecule has 4 aromatic rings. The first kappa shape index (κ1) is 18.9. The Morgan fingerprint density at radius 2 is 2.03 bits per heavy atom. The van der Waals surface area contributed by atoms with Crippen molar-refractivity contribution in [1.29, 1.82) is 0 Å². The van der Waals surface area contributed by atoms with Crippen molar-refractivity contribution >= 4 is 11.6 Å². The van der Waals surface area contributed by atoms with Gasteiger partial charge < -0.3 is 5.32 Å². The van der Waals surface area contributed by atoms with E-state index in [0.29, 0.717) is 11.3 Å². The number of nitrogens with one attached hydrogen (secondary N) is 1. The van der Waals surface area contributed by atoms with Gasteiger partial charge in [0.05, 0.1) is 23.6 Å². The van der Waals surface area contributed by atoms with Crippen LogP contribution in [0.3, 0.4) is 0 Å². The molecular weight excluding hydrogens is 368 g/mol. The first-order chi connectivity index (χ1) is 14.0.